The van der Waals surface area contributed by atoms with Gasteiger partial charge in [-0.05, 0) is 88.5 Å². The zero-order valence-corrected chi connectivity index (χ0v) is 27.2. The average molecular weight is 627 g/mol. The molecule has 0 atom stereocenters. The topological polar surface area (TPSA) is 129 Å². The number of nitrogens with two attached hydrogens (primary N) is 1. The molecule has 244 valence electrons. The fraction of sp³-hybridized carbons (Fsp3) is 0.697. The van der Waals surface area contributed by atoms with Gasteiger partial charge in [-0.25, -0.2) is 8.42 Å². The first-order chi connectivity index (χ1) is 21.4. The summed E-state index contributed by atoms with van der Waals surface area (Å²) in [5.74, 6) is 3.45. The molecule has 2 aliphatic carbocycles. The number of sulfone groups is 1. The molecule has 1 aliphatic heterocycles. The van der Waals surface area contributed by atoms with Gasteiger partial charge < -0.3 is 26.6 Å². The summed E-state index contributed by atoms with van der Waals surface area (Å²) in [4.78, 5) is 14.1. The van der Waals surface area contributed by atoms with E-state index in [0.717, 1.165) is 70.1 Å². The van der Waals surface area contributed by atoms with Crippen molar-refractivity contribution in [3.63, 3.8) is 0 Å². The highest BCUT2D eigenvalue weighted by molar-refractivity contribution is 7.91. The van der Waals surface area contributed by atoms with Gasteiger partial charge in [0.25, 0.3) is 0 Å². The highest BCUT2D eigenvalue weighted by Gasteiger charge is 2.23. The summed E-state index contributed by atoms with van der Waals surface area (Å²) in [6.07, 6.45) is 13.2. The van der Waals surface area contributed by atoms with Crippen molar-refractivity contribution in [3.8, 4) is 0 Å². The maximum absolute atomic E-state index is 12.7. The molecule has 0 spiro atoms. The highest BCUT2D eigenvalue weighted by atomic mass is 32.2. The third-order valence-corrected chi connectivity index (χ3v) is 11.4. The first-order valence-corrected chi connectivity index (χ1v) is 18.7. The predicted octanol–water partition coefficient (Wildman–Crippen LogP) is 3.78. The number of hydrogen-bond donors (Lipinski definition) is 4. The predicted molar refractivity (Wildman–Crippen MR) is 180 cm³/mol. The number of aromatic nitrogens is 2. The third-order valence-electron chi connectivity index (χ3n) is 9.72. The molecule has 0 amide bonds. The maximum atomic E-state index is 12.7. The number of piperazine rings is 1. The van der Waals surface area contributed by atoms with E-state index in [1.54, 1.807) is 24.3 Å². The number of hydrogen-bond acceptors (Lipinski definition) is 10. The molecule has 0 radical (unpaired) electrons. The van der Waals surface area contributed by atoms with E-state index in [0.29, 0.717) is 29.1 Å². The molecule has 44 heavy (non-hydrogen) atoms. The Bertz CT molecular complexity index is 1230. The van der Waals surface area contributed by atoms with Crippen LogP contribution in [0.3, 0.4) is 0 Å². The fourth-order valence-corrected chi connectivity index (χ4v) is 8.20. The first kappa shape index (κ1) is 32.9. The minimum absolute atomic E-state index is 0.127. The molecule has 0 unspecified atom stereocenters. The Balaban J connectivity index is 0.965. The van der Waals surface area contributed by atoms with Crippen LogP contribution in [0.5, 0.6) is 0 Å². The lowest BCUT2D eigenvalue weighted by atomic mass is 9.82. The largest absolute Gasteiger partial charge is 0.383 e. The van der Waals surface area contributed by atoms with Crippen LogP contribution in [0.1, 0.15) is 64.2 Å². The van der Waals surface area contributed by atoms with Crippen LogP contribution in [0.15, 0.2) is 41.3 Å². The molecular weight excluding hydrogens is 572 g/mol. The molecule has 1 saturated heterocycles. The van der Waals surface area contributed by atoms with E-state index in [1.165, 1.54) is 64.2 Å². The summed E-state index contributed by atoms with van der Waals surface area (Å²) in [7, 11) is -3.27. The lowest BCUT2D eigenvalue weighted by Gasteiger charge is -2.35. The molecule has 1 aromatic carbocycles. The van der Waals surface area contributed by atoms with E-state index < -0.39 is 9.84 Å². The van der Waals surface area contributed by atoms with Crippen LogP contribution < -0.4 is 26.6 Å². The van der Waals surface area contributed by atoms with E-state index in [9.17, 15) is 8.42 Å². The molecule has 3 aliphatic rings. The fourth-order valence-electron chi connectivity index (χ4n) is 6.90. The molecule has 2 aromatic rings. The minimum atomic E-state index is -3.27. The molecule has 2 saturated carbocycles. The number of nitrogens with zero attached hydrogens (tertiary/aromatic N) is 4. The van der Waals surface area contributed by atoms with Crippen LogP contribution in [0, 0.1) is 11.8 Å². The van der Waals surface area contributed by atoms with Gasteiger partial charge in [-0.15, -0.1) is 0 Å². The second kappa shape index (κ2) is 16.7. The van der Waals surface area contributed by atoms with Crippen molar-refractivity contribution in [1.29, 1.82) is 0 Å². The Hall–Kier alpha value is -2.47. The molecule has 10 nitrogen and oxygen atoms in total. The Morgan fingerprint density at radius 3 is 2.27 bits per heavy atom. The number of rotatable bonds is 15. The van der Waals surface area contributed by atoms with Crippen molar-refractivity contribution >= 4 is 27.4 Å². The van der Waals surface area contributed by atoms with Gasteiger partial charge >= 0.3 is 0 Å². The molecule has 1 aromatic heterocycles. The molecular formula is C33H54N8O2S. The zero-order valence-electron chi connectivity index (χ0n) is 26.4. The summed E-state index contributed by atoms with van der Waals surface area (Å²) in [5, 5.41) is 10.9. The van der Waals surface area contributed by atoms with Crippen molar-refractivity contribution < 1.29 is 8.42 Å². The summed E-state index contributed by atoms with van der Waals surface area (Å²) >= 11 is 0. The van der Waals surface area contributed by atoms with E-state index in [1.807, 2.05) is 12.1 Å². The van der Waals surface area contributed by atoms with Crippen LogP contribution in [0.2, 0.25) is 0 Å². The van der Waals surface area contributed by atoms with Gasteiger partial charge in [0.1, 0.15) is 11.6 Å². The molecule has 11 heteroatoms. The van der Waals surface area contributed by atoms with Crippen molar-refractivity contribution in [2.24, 2.45) is 11.8 Å². The van der Waals surface area contributed by atoms with E-state index in [-0.39, 0.29) is 5.75 Å². The molecule has 3 fully saturated rings. The van der Waals surface area contributed by atoms with Crippen molar-refractivity contribution in [2.45, 2.75) is 75.1 Å². The van der Waals surface area contributed by atoms with Gasteiger partial charge in [-0.3, -0.25) is 4.90 Å². The van der Waals surface area contributed by atoms with Crippen LogP contribution in [0.25, 0.3) is 0 Å². The molecule has 0 bridgehead atoms. The van der Waals surface area contributed by atoms with Crippen molar-refractivity contribution in [2.75, 3.05) is 80.6 Å². The van der Waals surface area contributed by atoms with Crippen molar-refractivity contribution in [3.05, 3.63) is 36.4 Å². The zero-order chi connectivity index (χ0) is 30.6. The lowest BCUT2D eigenvalue weighted by molar-refractivity contribution is 0.271. The quantitative estimate of drug-likeness (QED) is 0.217. The Kier molecular flexibility index (Phi) is 12.5. The smallest absolute Gasteiger partial charge is 0.226 e. The van der Waals surface area contributed by atoms with Gasteiger partial charge in [0.05, 0.1) is 10.6 Å². The van der Waals surface area contributed by atoms with Gasteiger partial charge in [0.15, 0.2) is 9.84 Å². The normalized spacial score (nSPS) is 22.2. The van der Waals surface area contributed by atoms with Crippen molar-refractivity contribution in [1.82, 2.24) is 25.5 Å². The SMILES string of the molecule is Nc1cc(N2CCN(CCS(=O)(=O)c3ccccc3)CC2)nc(NC[C@H]2CC[C@H](CNCCCNC3CCCCC3)CC2)n1. The second-order valence-corrected chi connectivity index (χ2v) is 15.2. The number of benzene rings is 1. The van der Waals surface area contributed by atoms with E-state index in [4.69, 9.17) is 10.7 Å². The average Bonchev–Trinajstić information content (AvgIpc) is 3.06. The monoisotopic (exact) mass is 626 g/mol. The van der Waals surface area contributed by atoms with Crippen LogP contribution in [0.4, 0.5) is 17.6 Å². The van der Waals surface area contributed by atoms with Crippen LogP contribution in [-0.2, 0) is 9.84 Å². The van der Waals surface area contributed by atoms with E-state index in [2.05, 4.69) is 30.7 Å². The Morgan fingerprint density at radius 2 is 1.55 bits per heavy atom. The number of anilines is 3. The highest BCUT2D eigenvalue weighted by Crippen LogP contribution is 2.29. The molecule has 2 heterocycles. The summed E-state index contributed by atoms with van der Waals surface area (Å²) in [5.41, 5.74) is 6.18. The molecule has 5 N–H and O–H groups in total. The lowest BCUT2D eigenvalue weighted by Crippen LogP contribution is -2.48. The first-order valence-electron chi connectivity index (χ1n) is 17.0. The number of nitrogen functional groups attached to an aromatic ring is 1. The molecule has 5 rings (SSSR count). The summed E-state index contributed by atoms with van der Waals surface area (Å²) in [6, 6.07) is 11.3. The van der Waals surface area contributed by atoms with Crippen LogP contribution >= 0.6 is 0 Å². The summed E-state index contributed by atoms with van der Waals surface area (Å²) in [6.45, 7) is 7.91. The Morgan fingerprint density at radius 1 is 0.841 bits per heavy atom. The standard InChI is InChI=1S/C33H54N8O2S/c34-31-24-32(41-20-18-40(19-21-41)22-23-44(42,43)30-10-5-2-6-11-30)39-33(38-31)37-26-28-14-12-27(13-15-28)25-35-16-7-17-36-29-8-3-1-4-9-29/h2,5-6,10-11,24,27-29,35-36H,1,3-4,7-9,12-23,25-26H2,(H3,34,37,38,39)/t27-,28-. The van der Waals surface area contributed by atoms with Gasteiger partial charge in [-0.1, -0.05) is 37.5 Å². The maximum Gasteiger partial charge on any atom is 0.226 e. The van der Waals surface area contributed by atoms with Gasteiger partial charge in [-0.2, -0.15) is 9.97 Å². The summed E-state index contributed by atoms with van der Waals surface area (Å²) < 4.78 is 25.3. The second-order valence-electron chi connectivity index (χ2n) is 13.0. The minimum Gasteiger partial charge on any atom is -0.383 e. The van der Waals surface area contributed by atoms with Crippen LogP contribution in [-0.4, -0.2) is 94.0 Å². The third kappa shape index (κ3) is 10.3. The van der Waals surface area contributed by atoms with E-state index >= 15 is 0 Å². The van der Waals surface area contributed by atoms with Gasteiger partial charge in [0, 0.05) is 51.4 Å². The van der Waals surface area contributed by atoms with Gasteiger partial charge in [0.2, 0.25) is 5.95 Å². The Labute approximate surface area is 264 Å². The number of nitrogens with one attached hydrogen (secondary N) is 3.